The van der Waals surface area contributed by atoms with Crippen LogP contribution in [0.25, 0.3) is 0 Å². The number of allylic oxidation sites excluding steroid dienone is 2. The monoisotopic (exact) mass is 233 g/mol. The summed E-state index contributed by atoms with van der Waals surface area (Å²) in [6.45, 7) is 2.12. The molecular weight excluding hydrogens is 220 g/mol. The van der Waals surface area contributed by atoms with E-state index in [1.165, 1.54) is 0 Å². The molecular formula is C9H13O5S-. The molecule has 0 aromatic heterocycles. The van der Waals surface area contributed by atoms with Gasteiger partial charge in [-0.2, -0.15) is 0 Å². The minimum absolute atomic E-state index is 0.169. The highest BCUT2D eigenvalue weighted by Crippen LogP contribution is 2.25. The van der Waals surface area contributed by atoms with E-state index >= 15 is 0 Å². The molecule has 0 spiro atoms. The molecule has 0 saturated heterocycles. The second kappa shape index (κ2) is 5.87. The van der Waals surface area contributed by atoms with Gasteiger partial charge in [0.1, 0.15) is 17.1 Å². The van der Waals surface area contributed by atoms with Gasteiger partial charge >= 0.3 is 5.97 Å². The minimum Gasteiger partial charge on any atom is -0.740 e. The number of hydrogen-bond acceptors (Lipinski definition) is 5. The van der Waals surface area contributed by atoms with Gasteiger partial charge in [0.25, 0.3) is 0 Å². The molecule has 0 saturated carbocycles. The molecule has 0 fully saturated rings. The fourth-order valence-corrected chi connectivity index (χ4v) is 1.77. The van der Waals surface area contributed by atoms with Gasteiger partial charge in [-0.15, -0.1) is 0 Å². The maximum absolute atomic E-state index is 11.3. The molecule has 0 aromatic rings. The third-order valence-corrected chi connectivity index (χ3v) is 2.51. The summed E-state index contributed by atoms with van der Waals surface area (Å²) >= 11 is -2.52. The molecule has 2 unspecified atom stereocenters. The van der Waals surface area contributed by atoms with E-state index in [1.807, 2.05) is 0 Å². The van der Waals surface area contributed by atoms with Crippen LogP contribution in [0.15, 0.2) is 11.8 Å². The number of rotatable bonds is 4. The minimum atomic E-state index is -2.52. The average molecular weight is 233 g/mol. The molecule has 0 aliphatic heterocycles. The van der Waals surface area contributed by atoms with Crippen LogP contribution in [-0.4, -0.2) is 21.3 Å². The first-order valence-corrected chi connectivity index (χ1v) is 5.76. The summed E-state index contributed by atoms with van der Waals surface area (Å²) in [4.78, 5) is 11.3. The van der Waals surface area contributed by atoms with E-state index in [0.717, 1.165) is 0 Å². The van der Waals surface area contributed by atoms with Gasteiger partial charge in [0, 0.05) is 6.42 Å². The standard InChI is InChI=1S/C9H14O5S/c1-2-13-9(10)7-3-5-8(6-4-7)14-15(11)12/h5,7H,2-4,6H2,1H3,(H,11,12)/p-1. The van der Waals surface area contributed by atoms with Crippen molar-refractivity contribution in [1.29, 1.82) is 0 Å². The Labute approximate surface area is 90.9 Å². The van der Waals surface area contributed by atoms with Crippen molar-refractivity contribution in [2.75, 3.05) is 6.61 Å². The molecule has 0 radical (unpaired) electrons. The molecule has 1 aliphatic carbocycles. The number of carbonyl (C=O) groups excluding carboxylic acids is 1. The van der Waals surface area contributed by atoms with Crippen molar-refractivity contribution in [3.05, 3.63) is 11.8 Å². The Morgan fingerprint density at radius 1 is 1.73 bits per heavy atom. The summed E-state index contributed by atoms with van der Waals surface area (Å²) in [7, 11) is 0. The Balaban J connectivity index is 2.43. The molecule has 15 heavy (non-hydrogen) atoms. The molecule has 1 rings (SSSR count). The van der Waals surface area contributed by atoms with Crippen LogP contribution in [0, 0.1) is 5.92 Å². The summed E-state index contributed by atoms with van der Waals surface area (Å²) in [5.74, 6) is 0.0114. The SMILES string of the molecule is CCOC(=O)C1CC=C(OS(=O)[O-])CC1. The van der Waals surface area contributed by atoms with Gasteiger partial charge in [-0.25, -0.2) is 4.21 Å². The first-order valence-electron chi connectivity index (χ1n) is 4.76. The van der Waals surface area contributed by atoms with Crippen LogP contribution in [0.2, 0.25) is 0 Å². The molecule has 0 N–H and O–H groups in total. The van der Waals surface area contributed by atoms with Gasteiger partial charge in [0.2, 0.25) is 0 Å². The molecule has 0 bridgehead atoms. The lowest BCUT2D eigenvalue weighted by atomic mass is 9.93. The lowest BCUT2D eigenvalue weighted by Gasteiger charge is -2.20. The van der Waals surface area contributed by atoms with Crippen molar-refractivity contribution in [1.82, 2.24) is 0 Å². The summed E-state index contributed by atoms with van der Waals surface area (Å²) in [6, 6.07) is 0. The maximum atomic E-state index is 11.3. The molecule has 0 amide bonds. The van der Waals surface area contributed by atoms with Crippen LogP contribution in [0.5, 0.6) is 0 Å². The largest absolute Gasteiger partial charge is 0.740 e. The highest BCUT2D eigenvalue weighted by atomic mass is 32.2. The zero-order valence-electron chi connectivity index (χ0n) is 8.43. The topological polar surface area (TPSA) is 75.7 Å². The van der Waals surface area contributed by atoms with Gasteiger partial charge in [0.15, 0.2) is 0 Å². The van der Waals surface area contributed by atoms with Crippen molar-refractivity contribution in [2.24, 2.45) is 5.92 Å². The summed E-state index contributed by atoms with van der Waals surface area (Å²) < 4.78 is 29.8. The van der Waals surface area contributed by atoms with E-state index in [2.05, 4.69) is 4.18 Å². The van der Waals surface area contributed by atoms with E-state index < -0.39 is 11.4 Å². The van der Waals surface area contributed by atoms with Crippen LogP contribution in [0.3, 0.4) is 0 Å². The molecule has 0 aromatic carbocycles. The van der Waals surface area contributed by atoms with Crippen LogP contribution in [-0.2, 0) is 25.1 Å². The number of carbonyl (C=O) groups is 1. The Hall–Kier alpha value is -0.880. The average Bonchev–Trinajstić information content (AvgIpc) is 2.18. The second-order valence-electron chi connectivity index (χ2n) is 3.18. The smallest absolute Gasteiger partial charge is 0.309 e. The van der Waals surface area contributed by atoms with Crippen molar-refractivity contribution >= 4 is 17.3 Å². The first kappa shape index (κ1) is 12.2. The van der Waals surface area contributed by atoms with Crippen LogP contribution in [0.4, 0.5) is 0 Å². The van der Waals surface area contributed by atoms with Gasteiger partial charge in [0.05, 0.1) is 12.5 Å². The van der Waals surface area contributed by atoms with Crippen LogP contribution >= 0.6 is 0 Å². The lowest BCUT2D eigenvalue weighted by molar-refractivity contribution is -0.148. The Morgan fingerprint density at radius 3 is 2.93 bits per heavy atom. The van der Waals surface area contributed by atoms with Crippen LogP contribution < -0.4 is 0 Å². The van der Waals surface area contributed by atoms with Gasteiger partial charge in [-0.3, -0.25) is 4.79 Å². The fraction of sp³-hybridized carbons (Fsp3) is 0.667. The van der Waals surface area contributed by atoms with Crippen molar-refractivity contribution in [2.45, 2.75) is 26.2 Å². The second-order valence-corrected chi connectivity index (χ2v) is 3.76. The van der Waals surface area contributed by atoms with Crippen molar-refractivity contribution < 1.29 is 22.5 Å². The fourth-order valence-electron chi connectivity index (χ4n) is 1.45. The van der Waals surface area contributed by atoms with Crippen molar-refractivity contribution in [3.63, 3.8) is 0 Å². The van der Waals surface area contributed by atoms with E-state index in [-0.39, 0.29) is 11.9 Å². The third-order valence-electron chi connectivity index (χ3n) is 2.16. The van der Waals surface area contributed by atoms with Gasteiger partial charge in [-0.05, 0) is 25.8 Å². The summed E-state index contributed by atoms with van der Waals surface area (Å²) in [5.41, 5.74) is 0. The summed E-state index contributed by atoms with van der Waals surface area (Å²) in [5, 5.41) is 0. The maximum Gasteiger partial charge on any atom is 0.309 e. The predicted molar refractivity (Wildman–Crippen MR) is 52.1 cm³/mol. The van der Waals surface area contributed by atoms with Gasteiger partial charge < -0.3 is 13.5 Å². The molecule has 2 atom stereocenters. The zero-order valence-corrected chi connectivity index (χ0v) is 9.25. The molecule has 0 heterocycles. The van der Waals surface area contributed by atoms with E-state index in [4.69, 9.17) is 4.74 Å². The third kappa shape index (κ3) is 4.01. The normalized spacial score (nSPS) is 22.8. The van der Waals surface area contributed by atoms with E-state index in [1.54, 1.807) is 13.0 Å². The molecule has 5 nitrogen and oxygen atoms in total. The van der Waals surface area contributed by atoms with Crippen LogP contribution in [0.1, 0.15) is 26.2 Å². The quantitative estimate of drug-likeness (QED) is 0.535. The van der Waals surface area contributed by atoms with Crippen molar-refractivity contribution in [3.8, 4) is 0 Å². The highest BCUT2D eigenvalue weighted by Gasteiger charge is 2.23. The number of esters is 1. The predicted octanol–water partition coefficient (Wildman–Crippen LogP) is 1.04. The highest BCUT2D eigenvalue weighted by molar-refractivity contribution is 7.74. The zero-order chi connectivity index (χ0) is 11.3. The number of hydrogen-bond donors (Lipinski definition) is 0. The molecule has 86 valence electrons. The summed E-state index contributed by atoms with van der Waals surface area (Å²) in [6.07, 6.45) is 3.13. The van der Waals surface area contributed by atoms with E-state index in [9.17, 15) is 13.6 Å². The Bertz CT molecular complexity index is 286. The van der Waals surface area contributed by atoms with Gasteiger partial charge in [-0.1, -0.05) is 0 Å². The Morgan fingerprint density at radius 2 is 2.47 bits per heavy atom. The lowest BCUT2D eigenvalue weighted by Crippen LogP contribution is -2.20. The number of ether oxygens (including phenoxy) is 1. The molecule has 1 aliphatic rings. The van der Waals surface area contributed by atoms with E-state index in [0.29, 0.717) is 31.6 Å². The Kier molecular flexibility index (Phi) is 4.77. The first-order chi connectivity index (χ1) is 7.13. The molecule has 6 heteroatoms.